The Morgan fingerprint density at radius 1 is 1.27 bits per heavy atom. The maximum atomic E-state index is 12.2. The number of carbonyl (C=O) groups is 1. The van der Waals surface area contributed by atoms with Crippen LogP contribution >= 0.6 is 0 Å². The van der Waals surface area contributed by atoms with E-state index >= 15 is 0 Å². The van der Waals surface area contributed by atoms with Gasteiger partial charge in [-0.3, -0.25) is 4.79 Å². The van der Waals surface area contributed by atoms with Crippen LogP contribution in [0.25, 0.3) is 0 Å². The number of nitrogens with zero attached hydrogens (tertiary/aromatic N) is 1. The summed E-state index contributed by atoms with van der Waals surface area (Å²) in [5, 5.41) is 3.24. The molecular formula is C17H26N2O3. The molecule has 122 valence electrons. The van der Waals surface area contributed by atoms with Gasteiger partial charge in [-0.15, -0.1) is 0 Å². The number of ether oxygens (including phenoxy) is 2. The van der Waals surface area contributed by atoms with Gasteiger partial charge in [0.25, 0.3) is 5.91 Å². The molecule has 0 aliphatic carbocycles. The molecule has 1 atom stereocenters. The van der Waals surface area contributed by atoms with Crippen LogP contribution in [0, 0.1) is 0 Å². The minimum atomic E-state index is 0.0475. The van der Waals surface area contributed by atoms with Gasteiger partial charge in [0.1, 0.15) is 11.5 Å². The highest BCUT2D eigenvalue weighted by atomic mass is 16.5. The van der Waals surface area contributed by atoms with E-state index in [1.54, 1.807) is 0 Å². The molecule has 22 heavy (non-hydrogen) atoms. The van der Waals surface area contributed by atoms with Gasteiger partial charge in [-0.2, -0.15) is 0 Å². The fraction of sp³-hybridized carbons (Fsp3) is 0.588. The molecule has 1 fully saturated rings. The first-order valence-corrected chi connectivity index (χ1v) is 8.03. The minimum absolute atomic E-state index is 0.0475. The Morgan fingerprint density at radius 2 is 1.95 bits per heavy atom. The van der Waals surface area contributed by atoms with Gasteiger partial charge < -0.3 is 19.7 Å². The third kappa shape index (κ3) is 4.91. The van der Waals surface area contributed by atoms with Crippen molar-refractivity contribution in [3.05, 3.63) is 24.3 Å². The molecule has 1 unspecified atom stereocenters. The third-order valence-electron chi connectivity index (χ3n) is 3.84. The Bertz CT molecular complexity index is 461. The Kier molecular flexibility index (Phi) is 6.52. The zero-order valence-electron chi connectivity index (χ0n) is 13.5. The highest BCUT2D eigenvalue weighted by Gasteiger charge is 2.22. The second-order valence-electron chi connectivity index (χ2n) is 5.58. The van der Waals surface area contributed by atoms with Gasteiger partial charge in [0, 0.05) is 19.1 Å². The first kappa shape index (κ1) is 16.6. The number of rotatable bonds is 7. The maximum Gasteiger partial charge on any atom is 0.260 e. The van der Waals surface area contributed by atoms with Gasteiger partial charge in [0.2, 0.25) is 0 Å². The first-order chi connectivity index (χ1) is 10.7. The predicted octanol–water partition coefficient (Wildman–Crippen LogP) is 2.06. The SMILES string of the molecule is CCCOc1ccc(OCC(=O)N2CCCC(NC)C2)cc1. The molecule has 1 aromatic carbocycles. The standard InChI is InChI=1S/C17H26N2O3/c1-3-11-21-15-6-8-16(9-7-15)22-13-17(20)19-10-4-5-14(12-19)18-2/h6-9,14,18H,3-5,10-13H2,1-2H3. The zero-order chi connectivity index (χ0) is 15.8. The number of likely N-dealkylation sites (N-methyl/N-ethyl adjacent to an activating group) is 1. The maximum absolute atomic E-state index is 12.2. The minimum Gasteiger partial charge on any atom is -0.494 e. The van der Waals surface area contributed by atoms with E-state index in [1.807, 2.05) is 36.2 Å². The number of hydrogen-bond acceptors (Lipinski definition) is 4. The Balaban J connectivity index is 1.78. The van der Waals surface area contributed by atoms with E-state index < -0.39 is 0 Å². The summed E-state index contributed by atoms with van der Waals surface area (Å²) in [5.74, 6) is 1.57. The van der Waals surface area contributed by atoms with Crippen LogP contribution in [-0.4, -0.2) is 50.2 Å². The highest BCUT2D eigenvalue weighted by Crippen LogP contribution is 2.18. The number of amides is 1. The van der Waals surface area contributed by atoms with Gasteiger partial charge in [-0.1, -0.05) is 6.92 Å². The molecule has 2 rings (SSSR count). The van der Waals surface area contributed by atoms with Crippen LogP contribution in [0.3, 0.4) is 0 Å². The summed E-state index contributed by atoms with van der Waals surface area (Å²) in [7, 11) is 1.94. The monoisotopic (exact) mass is 306 g/mol. The van der Waals surface area contributed by atoms with Crippen molar-refractivity contribution >= 4 is 5.91 Å². The van der Waals surface area contributed by atoms with Crippen LogP contribution in [0.5, 0.6) is 11.5 Å². The van der Waals surface area contributed by atoms with E-state index in [-0.39, 0.29) is 12.5 Å². The van der Waals surface area contributed by atoms with Crippen molar-refractivity contribution in [1.82, 2.24) is 10.2 Å². The summed E-state index contributed by atoms with van der Waals surface area (Å²) >= 11 is 0. The Hall–Kier alpha value is -1.75. The van der Waals surface area contributed by atoms with Crippen molar-refractivity contribution in [1.29, 1.82) is 0 Å². The summed E-state index contributed by atoms with van der Waals surface area (Å²) < 4.78 is 11.1. The number of likely N-dealkylation sites (tertiary alicyclic amines) is 1. The van der Waals surface area contributed by atoms with Crippen molar-refractivity contribution in [2.24, 2.45) is 0 Å². The van der Waals surface area contributed by atoms with Gasteiger partial charge in [0.15, 0.2) is 6.61 Å². The van der Waals surface area contributed by atoms with Crippen molar-refractivity contribution in [3.63, 3.8) is 0 Å². The van der Waals surface area contributed by atoms with Crippen LogP contribution in [-0.2, 0) is 4.79 Å². The van der Waals surface area contributed by atoms with Crippen LogP contribution in [0.4, 0.5) is 0 Å². The molecule has 0 spiro atoms. The fourth-order valence-electron chi connectivity index (χ4n) is 2.53. The molecular weight excluding hydrogens is 280 g/mol. The van der Waals surface area contributed by atoms with E-state index in [2.05, 4.69) is 12.2 Å². The van der Waals surface area contributed by atoms with Gasteiger partial charge in [-0.25, -0.2) is 0 Å². The topological polar surface area (TPSA) is 50.8 Å². The molecule has 1 saturated heterocycles. The molecule has 0 aromatic heterocycles. The molecule has 1 aliphatic heterocycles. The van der Waals surface area contributed by atoms with E-state index in [1.165, 1.54) is 0 Å². The lowest BCUT2D eigenvalue weighted by atomic mass is 10.1. The Morgan fingerprint density at radius 3 is 2.59 bits per heavy atom. The van der Waals surface area contributed by atoms with E-state index in [0.29, 0.717) is 18.4 Å². The van der Waals surface area contributed by atoms with Crippen LogP contribution in [0.1, 0.15) is 26.2 Å². The van der Waals surface area contributed by atoms with Crippen molar-refractivity contribution in [2.75, 3.05) is 33.4 Å². The van der Waals surface area contributed by atoms with Gasteiger partial charge in [-0.05, 0) is 50.6 Å². The van der Waals surface area contributed by atoms with Crippen molar-refractivity contribution in [3.8, 4) is 11.5 Å². The van der Waals surface area contributed by atoms with Crippen LogP contribution in [0.2, 0.25) is 0 Å². The summed E-state index contributed by atoms with van der Waals surface area (Å²) in [6.07, 6.45) is 3.15. The molecule has 0 bridgehead atoms. The first-order valence-electron chi connectivity index (χ1n) is 8.03. The van der Waals surface area contributed by atoms with E-state index in [9.17, 15) is 4.79 Å². The average molecular weight is 306 g/mol. The second kappa shape index (κ2) is 8.63. The molecule has 1 aliphatic rings. The average Bonchev–Trinajstić information content (AvgIpc) is 2.58. The summed E-state index contributed by atoms with van der Waals surface area (Å²) in [6, 6.07) is 7.81. The molecule has 1 aromatic rings. The van der Waals surface area contributed by atoms with Gasteiger partial charge >= 0.3 is 0 Å². The number of hydrogen-bond donors (Lipinski definition) is 1. The molecule has 1 heterocycles. The molecule has 0 radical (unpaired) electrons. The Labute approximate surface area is 132 Å². The summed E-state index contributed by atoms with van der Waals surface area (Å²) in [6.45, 7) is 4.46. The van der Waals surface area contributed by atoms with Crippen LogP contribution < -0.4 is 14.8 Å². The number of benzene rings is 1. The number of piperidine rings is 1. The lowest BCUT2D eigenvalue weighted by Crippen LogP contribution is -2.48. The number of carbonyl (C=O) groups excluding carboxylic acids is 1. The van der Waals surface area contributed by atoms with Gasteiger partial charge in [0.05, 0.1) is 6.61 Å². The lowest BCUT2D eigenvalue weighted by Gasteiger charge is -2.32. The largest absolute Gasteiger partial charge is 0.494 e. The normalized spacial score (nSPS) is 18.1. The van der Waals surface area contributed by atoms with Crippen molar-refractivity contribution in [2.45, 2.75) is 32.2 Å². The second-order valence-corrected chi connectivity index (χ2v) is 5.58. The summed E-state index contributed by atoms with van der Waals surface area (Å²) in [5.41, 5.74) is 0. The zero-order valence-corrected chi connectivity index (χ0v) is 13.5. The molecule has 0 saturated carbocycles. The van der Waals surface area contributed by atoms with E-state index in [4.69, 9.17) is 9.47 Å². The molecule has 5 nitrogen and oxygen atoms in total. The van der Waals surface area contributed by atoms with Crippen LogP contribution in [0.15, 0.2) is 24.3 Å². The fourth-order valence-corrected chi connectivity index (χ4v) is 2.53. The van der Waals surface area contributed by atoms with E-state index in [0.717, 1.165) is 38.1 Å². The third-order valence-corrected chi connectivity index (χ3v) is 3.84. The molecule has 1 N–H and O–H groups in total. The van der Waals surface area contributed by atoms with Crippen molar-refractivity contribution < 1.29 is 14.3 Å². The smallest absolute Gasteiger partial charge is 0.260 e. The summed E-state index contributed by atoms with van der Waals surface area (Å²) in [4.78, 5) is 14.1. The molecule has 1 amide bonds. The predicted molar refractivity (Wildman–Crippen MR) is 86.4 cm³/mol. The number of nitrogens with one attached hydrogen (secondary N) is 1. The quantitative estimate of drug-likeness (QED) is 0.838. The highest BCUT2D eigenvalue weighted by molar-refractivity contribution is 5.77. The lowest BCUT2D eigenvalue weighted by molar-refractivity contribution is -0.134. The molecule has 5 heteroatoms.